The van der Waals surface area contributed by atoms with Crippen molar-refractivity contribution in [2.75, 3.05) is 13.2 Å². The fourth-order valence-electron chi connectivity index (χ4n) is 5.79. The van der Waals surface area contributed by atoms with Crippen molar-refractivity contribution in [2.24, 2.45) is 29.4 Å². The standard InChI is InChI=1S/C17H29N3O2/c18-17(9-19-15(22)20-16(10-21)2-1-3-16)13-5-11-4-12(7-13)8-14(17)6-11/h11-14,21H,1-10,18H2,(H2,19,20,22). The number of nitrogens with two attached hydrogens (primary N) is 1. The zero-order valence-corrected chi connectivity index (χ0v) is 13.3. The molecule has 0 aliphatic heterocycles. The van der Waals surface area contributed by atoms with E-state index in [1.807, 2.05) is 0 Å². The number of urea groups is 1. The Labute approximate surface area is 132 Å². The van der Waals surface area contributed by atoms with Crippen LogP contribution in [0.15, 0.2) is 0 Å². The fourth-order valence-corrected chi connectivity index (χ4v) is 5.79. The Morgan fingerprint density at radius 1 is 1.09 bits per heavy atom. The topological polar surface area (TPSA) is 87.4 Å². The molecule has 0 unspecified atom stereocenters. The summed E-state index contributed by atoms with van der Waals surface area (Å²) in [5.41, 5.74) is 6.20. The van der Waals surface area contributed by atoms with E-state index in [9.17, 15) is 9.90 Å². The van der Waals surface area contributed by atoms with Crippen molar-refractivity contribution < 1.29 is 9.90 Å². The minimum absolute atomic E-state index is 0.0306. The molecule has 5 nitrogen and oxygen atoms in total. The molecule has 0 aromatic rings. The van der Waals surface area contributed by atoms with E-state index in [4.69, 9.17) is 5.73 Å². The summed E-state index contributed by atoms with van der Waals surface area (Å²) in [5.74, 6) is 2.94. The monoisotopic (exact) mass is 307 g/mol. The quantitative estimate of drug-likeness (QED) is 0.632. The predicted molar refractivity (Wildman–Crippen MR) is 84.2 cm³/mol. The van der Waals surface area contributed by atoms with Crippen LogP contribution < -0.4 is 16.4 Å². The Morgan fingerprint density at radius 2 is 1.68 bits per heavy atom. The predicted octanol–water partition coefficient (Wildman–Crippen LogP) is 1.35. The summed E-state index contributed by atoms with van der Waals surface area (Å²) in [6.07, 6.45) is 9.27. The molecule has 2 amide bonds. The molecule has 0 spiro atoms. The highest BCUT2D eigenvalue weighted by Crippen LogP contribution is 2.57. The Hall–Kier alpha value is -0.810. The molecule has 4 bridgehead atoms. The summed E-state index contributed by atoms with van der Waals surface area (Å²) in [6, 6.07) is -0.160. The number of aliphatic hydroxyl groups is 1. The molecule has 22 heavy (non-hydrogen) atoms. The first-order valence-corrected chi connectivity index (χ1v) is 8.99. The van der Waals surface area contributed by atoms with Gasteiger partial charge in [0.15, 0.2) is 0 Å². The molecular formula is C17H29N3O2. The van der Waals surface area contributed by atoms with Gasteiger partial charge in [-0.2, -0.15) is 0 Å². The normalized spacial score (nSPS) is 44.5. The highest BCUT2D eigenvalue weighted by Gasteiger charge is 2.55. The number of carbonyl (C=O) groups excluding carboxylic acids is 1. The number of carbonyl (C=O) groups is 1. The molecule has 0 heterocycles. The van der Waals surface area contributed by atoms with Crippen molar-refractivity contribution in [3.63, 3.8) is 0 Å². The van der Waals surface area contributed by atoms with Gasteiger partial charge in [0.2, 0.25) is 0 Å². The summed E-state index contributed by atoms with van der Waals surface area (Å²) in [4.78, 5) is 12.2. The molecule has 0 saturated heterocycles. The van der Waals surface area contributed by atoms with Crippen LogP contribution in [0, 0.1) is 23.7 Å². The third-order valence-corrected chi connectivity index (χ3v) is 7.21. The van der Waals surface area contributed by atoms with Gasteiger partial charge >= 0.3 is 6.03 Å². The highest BCUT2D eigenvalue weighted by atomic mass is 16.3. The van der Waals surface area contributed by atoms with Gasteiger partial charge in [-0.3, -0.25) is 0 Å². The van der Waals surface area contributed by atoms with Crippen molar-refractivity contribution in [3.8, 4) is 0 Å². The van der Waals surface area contributed by atoms with Gasteiger partial charge in [0.25, 0.3) is 0 Å². The highest BCUT2D eigenvalue weighted by molar-refractivity contribution is 5.75. The van der Waals surface area contributed by atoms with E-state index in [0.717, 1.165) is 31.1 Å². The fraction of sp³-hybridized carbons (Fsp3) is 0.941. The second-order valence-corrected chi connectivity index (χ2v) is 8.52. The number of hydrogen-bond acceptors (Lipinski definition) is 3. The van der Waals surface area contributed by atoms with E-state index < -0.39 is 0 Å². The molecule has 5 fully saturated rings. The average molecular weight is 307 g/mol. The number of hydrogen-bond donors (Lipinski definition) is 4. The van der Waals surface area contributed by atoms with Gasteiger partial charge in [-0.1, -0.05) is 0 Å². The maximum atomic E-state index is 12.2. The molecule has 124 valence electrons. The first kappa shape index (κ1) is 14.8. The van der Waals surface area contributed by atoms with Crippen molar-refractivity contribution in [2.45, 2.75) is 62.4 Å². The van der Waals surface area contributed by atoms with Crippen LogP contribution in [-0.2, 0) is 0 Å². The lowest BCUT2D eigenvalue weighted by molar-refractivity contribution is -0.0531. The zero-order valence-electron chi connectivity index (χ0n) is 13.3. The summed E-state index contributed by atoms with van der Waals surface area (Å²) >= 11 is 0. The Balaban J connectivity index is 1.36. The average Bonchev–Trinajstić information content (AvgIpc) is 2.46. The largest absolute Gasteiger partial charge is 0.394 e. The Bertz CT molecular complexity index is 427. The van der Waals surface area contributed by atoms with Crippen LogP contribution in [0.4, 0.5) is 4.79 Å². The lowest BCUT2D eigenvalue weighted by Gasteiger charge is -2.59. The van der Waals surface area contributed by atoms with E-state index in [-0.39, 0.29) is 23.7 Å². The second-order valence-electron chi connectivity index (χ2n) is 8.52. The number of rotatable bonds is 4. The molecule has 5 rings (SSSR count). The van der Waals surface area contributed by atoms with Gasteiger partial charge in [0, 0.05) is 12.1 Å². The van der Waals surface area contributed by atoms with Crippen molar-refractivity contribution >= 4 is 6.03 Å². The maximum absolute atomic E-state index is 12.2. The van der Waals surface area contributed by atoms with Crippen molar-refractivity contribution in [1.82, 2.24) is 10.6 Å². The van der Waals surface area contributed by atoms with Crippen molar-refractivity contribution in [1.29, 1.82) is 0 Å². The summed E-state index contributed by atoms with van der Waals surface area (Å²) in [5, 5.41) is 15.4. The molecule has 5 aliphatic carbocycles. The Morgan fingerprint density at radius 3 is 2.14 bits per heavy atom. The van der Waals surface area contributed by atoms with Gasteiger partial charge in [-0.15, -0.1) is 0 Å². The van der Waals surface area contributed by atoms with Crippen LogP contribution in [0.3, 0.4) is 0 Å². The number of amides is 2. The van der Waals surface area contributed by atoms with E-state index in [0.29, 0.717) is 18.4 Å². The van der Waals surface area contributed by atoms with E-state index in [1.54, 1.807) is 0 Å². The Kier molecular flexibility index (Phi) is 3.42. The summed E-state index contributed by atoms with van der Waals surface area (Å²) < 4.78 is 0. The molecule has 5 saturated carbocycles. The van der Waals surface area contributed by atoms with Crippen LogP contribution in [-0.4, -0.2) is 35.4 Å². The molecule has 0 aromatic carbocycles. The third-order valence-electron chi connectivity index (χ3n) is 7.21. The van der Waals surface area contributed by atoms with Crippen LogP contribution >= 0.6 is 0 Å². The lowest BCUT2D eigenvalue weighted by Crippen LogP contribution is -2.68. The third kappa shape index (κ3) is 2.24. The van der Waals surface area contributed by atoms with Crippen LogP contribution in [0.5, 0.6) is 0 Å². The van der Waals surface area contributed by atoms with Gasteiger partial charge in [-0.05, 0) is 75.0 Å². The smallest absolute Gasteiger partial charge is 0.315 e. The lowest BCUT2D eigenvalue weighted by atomic mass is 9.49. The van der Waals surface area contributed by atoms with Crippen LogP contribution in [0.2, 0.25) is 0 Å². The first-order chi connectivity index (χ1) is 10.5. The molecule has 0 atom stereocenters. The van der Waals surface area contributed by atoms with E-state index in [1.165, 1.54) is 32.1 Å². The minimum atomic E-state index is -0.379. The van der Waals surface area contributed by atoms with Gasteiger partial charge in [-0.25, -0.2) is 4.79 Å². The van der Waals surface area contributed by atoms with Crippen LogP contribution in [0.1, 0.15) is 51.4 Å². The minimum Gasteiger partial charge on any atom is -0.394 e. The summed E-state index contributed by atoms with van der Waals surface area (Å²) in [7, 11) is 0. The summed E-state index contributed by atoms with van der Waals surface area (Å²) in [6.45, 7) is 0.609. The number of nitrogens with one attached hydrogen (secondary N) is 2. The van der Waals surface area contributed by atoms with Crippen LogP contribution in [0.25, 0.3) is 0 Å². The molecule has 5 N–H and O–H groups in total. The molecule has 5 heteroatoms. The van der Waals surface area contributed by atoms with Crippen molar-refractivity contribution in [3.05, 3.63) is 0 Å². The van der Waals surface area contributed by atoms with Gasteiger partial charge < -0.3 is 21.5 Å². The van der Waals surface area contributed by atoms with E-state index >= 15 is 0 Å². The van der Waals surface area contributed by atoms with E-state index in [2.05, 4.69) is 10.6 Å². The van der Waals surface area contributed by atoms with Gasteiger partial charge in [0.1, 0.15) is 0 Å². The first-order valence-electron chi connectivity index (χ1n) is 8.99. The number of aliphatic hydroxyl groups excluding tert-OH is 1. The SMILES string of the molecule is NC1(CNC(=O)NC2(CO)CCC2)C2CC3CC(C2)CC1C3. The molecular weight excluding hydrogens is 278 g/mol. The van der Waals surface area contributed by atoms with Gasteiger partial charge in [0.05, 0.1) is 12.1 Å². The molecule has 5 aliphatic rings. The molecule has 0 radical (unpaired) electrons. The molecule has 0 aromatic heterocycles. The maximum Gasteiger partial charge on any atom is 0.315 e. The second kappa shape index (κ2) is 5.10. The zero-order chi connectivity index (χ0) is 15.4.